The molecule has 0 fully saturated rings. The van der Waals surface area contributed by atoms with Crippen molar-refractivity contribution in [1.82, 2.24) is 5.32 Å². The maximum atomic E-state index is 13.7. The van der Waals surface area contributed by atoms with Crippen LogP contribution in [0.3, 0.4) is 0 Å². The number of carboxylic acids is 1. The number of carbonyl (C=O) groups is 2. The van der Waals surface area contributed by atoms with Crippen LogP contribution in [0.1, 0.15) is 29.8 Å². The van der Waals surface area contributed by atoms with Crippen molar-refractivity contribution in [3.05, 3.63) is 65.5 Å². The van der Waals surface area contributed by atoms with E-state index in [1.54, 1.807) is 56.3 Å². The minimum Gasteiger partial charge on any atom is -0.480 e. The predicted molar refractivity (Wildman–Crippen MR) is 96.4 cm³/mol. The number of aliphatic carboxylic acids is 1. The van der Waals surface area contributed by atoms with E-state index in [-0.39, 0.29) is 17.8 Å². The molecule has 2 unspecified atom stereocenters. The second-order valence-electron chi connectivity index (χ2n) is 5.76. The Labute approximate surface area is 150 Å². The van der Waals surface area contributed by atoms with Crippen LogP contribution >= 0.6 is 11.8 Å². The van der Waals surface area contributed by atoms with Crippen molar-refractivity contribution in [2.24, 2.45) is 0 Å². The maximum absolute atomic E-state index is 13.7. The molecule has 0 bridgehead atoms. The maximum Gasteiger partial charge on any atom is 0.316 e. The molecule has 0 saturated heterocycles. The van der Waals surface area contributed by atoms with E-state index in [4.69, 9.17) is 5.11 Å². The Morgan fingerprint density at radius 3 is 2.44 bits per heavy atom. The molecule has 25 heavy (non-hydrogen) atoms. The van der Waals surface area contributed by atoms with Crippen LogP contribution in [-0.4, -0.2) is 28.3 Å². The van der Waals surface area contributed by atoms with E-state index in [1.807, 2.05) is 0 Å². The summed E-state index contributed by atoms with van der Waals surface area (Å²) in [7, 11) is 0. The molecule has 132 valence electrons. The van der Waals surface area contributed by atoms with Crippen molar-refractivity contribution in [3.8, 4) is 0 Å². The predicted octanol–water partition coefficient (Wildman–Crippen LogP) is 3.75. The summed E-state index contributed by atoms with van der Waals surface area (Å²) in [6.07, 6.45) is 0.374. The fourth-order valence-corrected chi connectivity index (χ4v) is 3.27. The molecule has 0 heterocycles. The van der Waals surface area contributed by atoms with Crippen LogP contribution in [0.5, 0.6) is 0 Å². The number of thioether (sulfide) groups is 1. The first kappa shape index (κ1) is 19.0. The quantitative estimate of drug-likeness (QED) is 0.737. The molecule has 4 nitrogen and oxygen atoms in total. The van der Waals surface area contributed by atoms with E-state index in [1.165, 1.54) is 6.07 Å². The van der Waals surface area contributed by atoms with E-state index in [2.05, 4.69) is 5.32 Å². The van der Waals surface area contributed by atoms with Gasteiger partial charge in [-0.05, 0) is 44.0 Å². The van der Waals surface area contributed by atoms with Crippen molar-refractivity contribution in [1.29, 1.82) is 0 Å². The van der Waals surface area contributed by atoms with Gasteiger partial charge in [0.2, 0.25) is 0 Å². The fraction of sp³-hybridized carbons (Fsp3) is 0.263. The zero-order chi connectivity index (χ0) is 18.4. The second-order valence-corrected chi connectivity index (χ2v) is 7.15. The standard InChI is InChI=1S/C19H20FNO3S/c1-12(11-14-7-3-5-9-16(14)20)21-18(22)15-8-4-6-10-17(15)25-13(2)19(23)24/h3-10,12-13H,11H2,1-2H3,(H,21,22)(H,23,24). The molecule has 0 aromatic heterocycles. The summed E-state index contributed by atoms with van der Waals surface area (Å²) in [6.45, 7) is 3.38. The molecule has 2 aromatic rings. The highest BCUT2D eigenvalue weighted by Crippen LogP contribution is 2.27. The number of carboxylic acid groups (broad SMARTS) is 1. The molecular weight excluding hydrogens is 341 g/mol. The van der Waals surface area contributed by atoms with E-state index in [0.717, 1.165) is 11.8 Å². The van der Waals surface area contributed by atoms with Gasteiger partial charge in [-0.1, -0.05) is 30.3 Å². The Kier molecular flexibility index (Phi) is 6.58. The van der Waals surface area contributed by atoms with Crippen molar-refractivity contribution >= 4 is 23.6 Å². The van der Waals surface area contributed by atoms with Crippen LogP contribution in [0.15, 0.2) is 53.4 Å². The van der Waals surface area contributed by atoms with Gasteiger partial charge in [0.15, 0.2) is 0 Å². The van der Waals surface area contributed by atoms with Gasteiger partial charge in [-0.25, -0.2) is 4.39 Å². The lowest BCUT2D eigenvalue weighted by Crippen LogP contribution is -2.34. The summed E-state index contributed by atoms with van der Waals surface area (Å²) >= 11 is 1.12. The SMILES string of the molecule is CC(Cc1ccccc1F)NC(=O)c1ccccc1SC(C)C(=O)O. The Morgan fingerprint density at radius 2 is 1.76 bits per heavy atom. The molecule has 0 spiro atoms. The number of rotatable bonds is 7. The third-order valence-electron chi connectivity index (χ3n) is 3.64. The van der Waals surface area contributed by atoms with Crippen LogP contribution in [0.4, 0.5) is 4.39 Å². The highest BCUT2D eigenvalue weighted by Gasteiger charge is 2.19. The monoisotopic (exact) mass is 361 g/mol. The molecule has 0 aliphatic rings. The number of hydrogen-bond donors (Lipinski definition) is 2. The van der Waals surface area contributed by atoms with Crippen molar-refractivity contribution in [3.63, 3.8) is 0 Å². The first-order valence-electron chi connectivity index (χ1n) is 7.91. The average Bonchev–Trinajstić information content (AvgIpc) is 2.57. The van der Waals surface area contributed by atoms with Gasteiger partial charge in [-0.2, -0.15) is 0 Å². The van der Waals surface area contributed by atoms with Gasteiger partial charge in [0.1, 0.15) is 11.1 Å². The van der Waals surface area contributed by atoms with Gasteiger partial charge in [0, 0.05) is 10.9 Å². The first-order chi connectivity index (χ1) is 11.9. The first-order valence-corrected chi connectivity index (χ1v) is 8.79. The van der Waals surface area contributed by atoms with Crippen LogP contribution < -0.4 is 5.32 Å². The average molecular weight is 361 g/mol. The van der Waals surface area contributed by atoms with E-state index >= 15 is 0 Å². The van der Waals surface area contributed by atoms with Crippen molar-refractivity contribution < 1.29 is 19.1 Å². The molecule has 0 aliphatic carbocycles. The lowest BCUT2D eigenvalue weighted by molar-refractivity contribution is -0.136. The van der Waals surface area contributed by atoms with Gasteiger partial charge in [-0.15, -0.1) is 11.8 Å². The summed E-state index contributed by atoms with van der Waals surface area (Å²) in [4.78, 5) is 24.2. The van der Waals surface area contributed by atoms with Gasteiger partial charge in [0.05, 0.1) is 5.56 Å². The minimum atomic E-state index is -0.937. The Balaban J connectivity index is 2.08. The second kappa shape index (κ2) is 8.67. The van der Waals surface area contributed by atoms with Crippen molar-refractivity contribution in [2.75, 3.05) is 0 Å². The summed E-state index contributed by atoms with van der Waals surface area (Å²) in [6, 6.07) is 13.1. The number of hydrogen-bond acceptors (Lipinski definition) is 3. The van der Waals surface area contributed by atoms with Crippen LogP contribution in [0.25, 0.3) is 0 Å². The third-order valence-corrected chi connectivity index (χ3v) is 4.81. The Bertz CT molecular complexity index is 766. The Hall–Kier alpha value is -2.34. The summed E-state index contributed by atoms with van der Waals surface area (Å²) < 4.78 is 13.7. The van der Waals surface area contributed by atoms with Crippen LogP contribution in [0, 0.1) is 5.82 Å². The molecule has 0 aliphatic heterocycles. The fourth-order valence-electron chi connectivity index (χ4n) is 2.34. The van der Waals surface area contributed by atoms with E-state index in [9.17, 15) is 14.0 Å². The van der Waals surface area contributed by atoms with Gasteiger partial charge >= 0.3 is 5.97 Å². The zero-order valence-electron chi connectivity index (χ0n) is 14.0. The highest BCUT2D eigenvalue weighted by molar-refractivity contribution is 8.00. The Morgan fingerprint density at radius 1 is 1.12 bits per heavy atom. The number of halogens is 1. The molecule has 1 amide bonds. The number of nitrogens with one attached hydrogen (secondary N) is 1. The summed E-state index contributed by atoms with van der Waals surface area (Å²) in [5.41, 5.74) is 0.957. The summed E-state index contributed by atoms with van der Waals surface area (Å²) in [5, 5.41) is 11.2. The van der Waals surface area contributed by atoms with Gasteiger partial charge in [0.25, 0.3) is 5.91 Å². The molecule has 0 radical (unpaired) electrons. The largest absolute Gasteiger partial charge is 0.480 e. The lowest BCUT2D eigenvalue weighted by atomic mass is 10.1. The molecule has 2 atom stereocenters. The molecule has 2 aromatic carbocycles. The molecular formula is C19H20FNO3S. The van der Waals surface area contributed by atoms with Crippen LogP contribution in [-0.2, 0) is 11.2 Å². The molecule has 0 saturated carbocycles. The normalized spacial score (nSPS) is 13.1. The number of amides is 1. The van der Waals surface area contributed by atoms with Crippen LogP contribution in [0.2, 0.25) is 0 Å². The summed E-state index contributed by atoms with van der Waals surface area (Å²) in [5.74, 6) is -1.53. The lowest BCUT2D eigenvalue weighted by Gasteiger charge is -2.16. The number of carbonyl (C=O) groups excluding carboxylic acids is 1. The minimum absolute atomic E-state index is 0.264. The zero-order valence-corrected chi connectivity index (χ0v) is 14.8. The van der Waals surface area contributed by atoms with E-state index in [0.29, 0.717) is 22.4 Å². The molecule has 2 rings (SSSR count). The number of benzene rings is 2. The van der Waals surface area contributed by atoms with Gasteiger partial charge < -0.3 is 10.4 Å². The van der Waals surface area contributed by atoms with Crippen molar-refractivity contribution in [2.45, 2.75) is 36.5 Å². The molecule has 2 N–H and O–H groups in total. The van der Waals surface area contributed by atoms with E-state index < -0.39 is 11.2 Å². The smallest absolute Gasteiger partial charge is 0.316 e. The topological polar surface area (TPSA) is 66.4 Å². The molecule has 6 heteroatoms. The third kappa shape index (κ3) is 5.32. The van der Waals surface area contributed by atoms with Gasteiger partial charge in [-0.3, -0.25) is 9.59 Å². The highest BCUT2D eigenvalue weighted by atomic mass is 32.2.